The van der Waals surface area contributed by atoms with Crippen molar-refractivity contribution in [3.63, 3.8) is 0 Å². The normalized spacial score (nSPS) is 50.6. The number of morpholine rings is 1. The number of carbonyl (C=O) groups is 2. The minimum Gasteiger partial charge on any atom is -0.391 e. The molecule has 33 heavy (non-hydrogen) atoms. The number of hydrogen-bond acceptors (Lipinski definition) is 5. The van der Waals surface area contributed by atoms with Crippen molar-refractivity contribution in [2.75, 3.05) is 19.7 Å². The van der Waals surface area contributed by atoms with Crippen LogP contribution in [0.4, 0.5) is 0 Å². The van der Waals surface area contributed by atoms with Gasteiger partial charge in [0, 0.05) is 37.4 Å². The topological polar surface area (TPSA) is 66.8 Å². The Hall–Kier alpha value is -0.780. The van der Waals surface area contributed by atoms with E-state index in [1.165, 1.54) is 0 Å². The van der Waals surface area contributed by atoms with E-state index in [4.69, 9.17) is 4.74 Å². The number of carbonyl (C=O) groups excluding carboxylic acids is 2. The third-order valence-corrected chi connectivity index (χ3v) is 11.2. The van der Waals surface area contributed by atoms with Crippen LogP contribution in [0.1, 0.15) is 79.6 Å². The number of aliphatic hydroxyl groups excluding tert-OH is 1. The van der Waals surface area contributed by atoms with Crippen LogP contribution in [0, 0.1) is 46.3 Å². The van der Waals surface area contributed by atoms with Crippen LogP contribution >= 0.6 is 0 Å². The molecule has 4 saturated carbocycles. The molecule has 1 aliphatic heterocycles. The van der Waals surface area contributed by atoms with E-state index in [9.17, 15) is 14.7 Å². The van der Waals surface area contributed by atoms with E-state index in [2.05, 4.69) is 32.6 Å². The van der Waals surface area contributed by atoms with Crippen LogP contribution in [-0.4, -0.2) is 59.5 Å². The van der Waals surface area contributed by atoms with Crippen molar-refractivity contribution >= 4 is 11.6 Å². The zero-order chi connectivity index (χ0) is 23.7. The Balaban J connectivity index is 1.42. The molecular formula is C28H45NO4. The summed E-state index contributed by atoms with van der Waals surface area (Å²) in [5.41, 5.74) is -0.194. The monoisotopic (exact) mass is 459 g/mol. The first-order valence-corrected chi connectivity index (χ1v) is 13.6. The van der Waals surface area contributed by atoms with Gasteiger partial charge < -0.3 is 9.84 Å². The summed E-state index contributed by atoms with van der Waals surface area (Å²) in [6, 6.07) is 0.116. The van der Waals surface area contributed by atoms with Crippen LogP contribution in [0.25, 0.3) is 0 Å². The van der Waals surface area contributed by atoms with Crippen molar-refractivity contribution < 1.29 is 19.4 Å². The number of ketones is 2. The lowest BCUT2D eigenvalue weighted by molar-refractivity contribution is -0.174. The molecule has 0 aromatic carbocycles. The summed E-state index contributed by atoms with van der Waals surface area (Å²) < 4.78 is 6.01. The van der Waals surface area contributed by atoms with Crippen molar-refractivity contribution in [1.29, 1.82) is 0 Å². The lowest BCUT2D eigenvalue weighted by atomic mass is 9.43. The third kappa shape index (κ3) is 3.67. The smallest absolute Gasteiger partial charge is 0.137 e. The number of aliphatic hydroxyl groups is 1. The molecule has 1 saturated heterocycles. The van der Waals surface area contributed by atoms with Gasteiger partial charge in [-0.3, -0.25) is 14.5 Å². The summed E-state index contributed by atoms with van der Waals surface area (Å²) in [7, 11) is 0. The molecular weight excluding hydrogens is 414 g/mol. The highest BCUT2D eigenvalue weighted by Crippen LogP contribution is 2.66. The first-order chi connectivity index (χ1) is 15.6. The average Bonchev–Trinajstić information content (AvgIpc) is 3.10. The second-order valence-electron chi connectivity index (χ2n) is 13.1. The molecule has 0 unspecified atom stereocenters. The van der Waals surface area contributed by atoms with Crippen molar-refractivity contribution in [2.45, 2.75) is 97.8 Å². The van der Waals surface area contributed by atoms with Crippen LogP contribution in [0.5, 0.6) is 0 Å². The van der Waals surface area contributed by atoms with E-state index in [0.717, 1.165) is 58.2 Å². The Kier molecular flexibility index (Phi) is 6.10. The Morgan fingerprint density at radius 3 is 2.61 bits per heavy atom. The van der Waals surface area contributed by atoms with Gasteiger partial charge in [0.25, 0.3) is 0 Å². The van der Waals surface area contributed by atoms with Crippen LogP contribution < -0.4 is 0 Å². The zero-order valence-corrected chi connectivity index (χ0v) is 21.4. The van der Waals surface area contributed by atoms with Gasteiger partial charge in [0.05, 0.1) is 18.8 Å². The van der Waals surface area contributed by atoms with E-state index in [1.54, 1.807) is 6.92 Å². The van der Waals surface area contributed by atoms with Gasteiger partial charge in [0.1, 0.15) is 11.6 Å². The van der Waals surface area contributed by atoms with Gasteiger partial charge in [0.15, 0.2) is 0 Å². The number of Topliss-reactive ketones (excluding diaryl/α,β-unsaturated/α-hetero) is 2. The summed E-state index contributed by atoms with van der Waals surface area (Å²) in [5, 5.41) is 11.2. The molecule has 5 aliphatic rings. The van der Waals surface area contributed by atoms with Crippen molar-refractivity contribution in [3.8, 4) is 0 Å². The second kappa shape index (κ2) is 8.41. The largest absolute Gasteiger partial charge is 0.391 e. The molecule has 10 atom stereocenters. The summed E-state index contributed by atoms with van der Waals surface area (Å²) in [6.45, 7) is 13.2. The molecule has 1 N–H and O–H groups in total. The first-order valence-electron chi connectivity index (χ1n) is 13.6. The third-order valence-electron chi connectivity index (χ3n) is 11.2. The molecule has 0 radical (unpaired) electrons. The van der Waals surface area contributed by atoms with Crippen LogP contribution in [-0.2, 0) is 14.3 Å². The van der Waals surface area contributed by atoms with E-state index < -0.39 is 0 Å². The molecule has 4 aliphatic carbocycles. The maximum absolute atomic E-state index is 13.9. The molecule has 186 valence electrons. The lowest BCUT2D eigenvalue weighted by Gasteiger charge is -2.61. The summed E-state index contributed by atoms with van der Waals surface area (Å²) in [4.78, 5) is 28.8. The maximum atomic E-state index is 13.9. The fraction of sp³-hybridized carbons (Fsp3) is 0.929. The molecule has 0 spiro atoms. The van der Waals surface area contributed by atoms with Gasteiger partial charge in [-0.2, -0.15) is 0 Å². The standard InChI is InChI=1S/C28H45NO4/c1-16(2)25-15-29(10-11-33-25)22-13-27(4)18(12-23(22)31)6-7-19-21-9-8-20(17(3)30)28(21,5)14-24(32)26(19)27/h16,18-23,25-26,31H,6-15H2,1-5H3/t18-,19-,20+,21-,22-,23-,25-,26+,27-,28+/m0/s1. The minimum absolute atomic E-state index is 0.0504. The number of ether oxygens (including phenoxy) is 1. The molecule has 0 bridgehead atoms. The van der Waals surface area contributed by atoms with E-state index in [0.29, 0.717) is 35.9 Å². The minimum atomic E-state index is -0.317. The molecule has 5 heteroatoms. The Labute approximate surface area is 200 Å². The van der Waals surface area contributed by atoms with E-state index in [1.807, 2.05) is 0 Å². The fourth-order valence-electron chi connectivity index (χ4n) is 9.54. The first kappa shape index (κ1) is 23.9. The quantitative estimate of drug-likeness (QED) is 0.688. The van der Waals surface area contributed by atoms with E-state index >= 15 is 0 Å². The number of nitrogens with zero attached hydrogens (tertiary/aromatic N) is 1. The Morgan fingerprint density at radius 2 is 1.91 bits per heavy atom. The Morgan fingerprint density at radius 1 is 1.15 bits per heavy atom. The zero-order valence-electron chi connectivity index (χ0n) is 21.4. The van der Waals surface area contributed by atoms with Crippen LogP contribution in [0.2, 0.25) is 0 Å². The predicted octanol–water partition coefficient (Wildman–Crippen LogP) is 4.11. The number of hydrogen-bond donors (Lipinski definition) is 1. The van der Waals surface area contributed by atoms with Gasteiger partial charge in [-0.05, 0) is 80.0 Å². The highest BCUT2D eigenvalue weighted by molar-refractivity contribution is 5.87. The molecule has 5 nitrogen and oxygen atoms in total. The molecule has 5 fully saturated rings. The number of fused-ring (bicyclic) bond motifs is 5. The van der Waals surface area contributed by atoms with Crippen LogP contribution in [0.3, 0.4) is 0 Å². The maximum Gasteiger partial charge on any atom is 0.137 e. The fourth-order valence-corrected chi connectivity index (χ4v) is 9.54. The highest BCUT2D eigenvalue weighted by Gasteiger charge is 2.64. The van der Waals surface area contributed by atoms with Gasteiger partial charge in [0.2, 0.25) is 0 Å². The van der Waals surface area contributed by atoms with Gasteiger partial charge >= 0.3 is 0 Å². The molecule has 0 aromatic rings. The van der Waals surface area contributed by atoms with Crippen LogP contribution in [0.15, 0.2) is 0 Å². The summed E-state index contributed by atoms with van der Waals surface area (Å²) >= 11 is 0. The summed E-state index contributed by atoms with van der Waals surface area (Å²) in [5.74, 6) is 2.62. The van der Waals surface area contributed by atoms with Crippen molar-refractivity contribution in [2.24, 2.45) is 46.3 Å². The van der Waals surface area contributed by atoms with E-state index in [-0.39, 0.29) is 46.7 Å². The number of rotatable bonds is 3. The molecule has 1 heterocycles. The second-order valence-corrected chi connectivity index (χ2v) is 13.1. The molecule has 5 rings (SSSR count). The highest BCUT2D eigenvalue weighted by atomic mass is 16.5. The molecule has 0 aromatic heterocycles. The predicted molar refractivity (Wildman–Crippen MR) is 128 cm³/mol. The summed E-state index contributed by atoms with van der Waals surface area (Å²) in [6.07, 6.45) is 6.47. The van der Waals surface area contributed by atoms with Crippen molar-refractivity contribution in [1.82, 2.24) is 4.90 Å². The van der Waals surface area contributed by atoms with Gasteiger partial charge in [-0.25, -0.2) is 0 Å². The molecule has 0 amide bonds. The Bertz CT molecular complexity index is 797. The van der Waals surface area contributed by atoms with Gasteiger partial charge in [-0.1, -0.05) is 27.7 Å². The average molecular weight is 460 g/mol. The van der Waals surface area contributed by atoms with Crippen molar-refractivity contribution in [3.05, 3.63) is 0 Å². The lowest BCUT2D eigenvalue weighted by Crippen LogP contribution is -2.63. The SMILES string of the molecule is CC(=O)[C@H]1CC[C@H]2[C@@H]3CC[C@H]4C[C@H](O)[C@@H](N5CCO[C@H](C(C)C)C5)C[C@]4(C)[C@H]3C(=O)C[C@]12C. The van der Waals surface area contributed by atoms with Gasteiger partial charge in [-0.15, -0.1) is 0 Å².